The van der Waals surface area contributed by atoms with Crippen molar-refractivity contribution in [1.29, 1.82) is 0 Å². The largest absolute Gasteiger partial charge is 0.378 e. The highest BCUT2D eigenvalue weighted by Gasteiger charge is 2.38. The molecule has 116 valence electrons. The van der Waals surface area contributed by atoms with Gasteiger partial charge in [-0.1, -0.05) is 0 Å². The van der Waals surface area contributed by atoms with E-state index in [2.05, 4.69) is 5.32 Å². The monoisotopic (exact) mass is 321 g/mol. The Morgan fingerprint density at radius 1 is 1.27 bits per heavy atom. The summed E-state index contributed by atoms with van der Waals surface area (Å²) < 4.78 is 38.6. The zero-order valence-electron chi connectivity index (χ0n) is 11.7. The summed E-state index contributed by atoms with van der Waals surface area (Å²) in [5.74, 6) is -0.469. The van der Waals surface area contributed by atoms with E-state index in [1.54, 1.807) is 12.4 Å². The van der Waals surface area contributed by atoms with Gasteiger partial charge >= 0.3 is 0 Å². The molecule has 0 saturated carbocycles. The fourth-order valence-electron chi connectivity index (χ4n) is 2.58. The van der Waals surface area contributed by atoms with E-state index < -0.39 is 21.7 Å². The van der Waals surface area contributed by atoms with Gasteiger partial charge in [0.1, 0.15) is 11.9 Å². The number of benzene rings is 1. The minimum atomic E-state index is -3.70. The highest BCUT2D eigenvalue weighted by atomic mass is 32.2. The van der Waals surface area contributed by atoms with Gasteiger partial charge in [-0.3, -0.25) is 0 Å². The Hall–Kier alpha value is -2.12. The van der Waals surface area contributed by atoms with E-state index >= 15 is 0 Å². The van der Waals surface area contributed by atoms with Crippen molar-refractivity contribution in [1.82, 2.24) is 10.2 Å². The number of fused-ring (bicyclic) bond motifs is 1. The van der Waals surface area contributed by atoms with Gasteiger partial charge < -0.3 is 16.0 Å². The molecule has 0 saturated heterocycles. The summed E-state index contributed by atoms with van der Waals surface area (Å²) in [5.41, 5.74) is 6.43. The number of nitrogens with one attached hydrogen (secondary N) is 1. The number of hydrogen-bond acceptors (Lipinski definition) is 5. The van der Waals surface area contributed by atoms with Crippen molar-refractivity contribution < 1.29 is 12.8 Å². The first-order valence-corrected chi connectivity index (χ1v) is 8.34. The summed E-state index contributed by atoms with van der Waals surface area (Å²) in [4.78, 5) is 2.14. The molecule has 2 heterocycles. The number of sulfone groups is 1. The smallest absolute Gasteiger partial charge is 0.206 e. The lowest BCUT2D eigenvalue weighted by Crippen LogP contribution is -2.34. The molecular formula is C15H16FN3O2S. The van der Waals surface area contributed by atoms with Crippen LogP contribution in [0.2, 0.25) is 0 Å². The second-order valence-electron chi connectivity index (χ2n) is 5.02. The van der Waals surface area contributed by atoms with Crippen LogP contribution in [0, 0.1) is 5.82 Å². The van der Waals surface area contributed by atoms with Gasteiger partial charge in [-0.05, 0) is 42.6 Å². The average Bonchev–Trinajstić information content (AvgIpc) is 2.88. The zero-order chi connectivity index (χ0) is 15.7. The Labute approximate surface area is 128 Å². The standard InChI is InChI=1S/C15H16FN3O2S/c16-11-3-5-12(6-4-11)22(20,21)14-10-19(9-7-17)13-2-1-8-18-15(13)14/h1-6,8,10,15,18H,7,9,17H2. The Balaban J connectivity index is 2.02. The van der Waals surface area contributed by atoms with Crippen LogP contribution in [-0.2, 0) is 9.84 Å². The van der Waals surface area contributed by atoms with Gasteiger partial charge in [0.25, 0.3) is 0 Å². The first-order valence-electron chi connectivity index (χ1n) is 6.86. The van der Waals surface area contributed by atoms with Crippen molar-refractivity contribution in [2.45, 2.75) is 10.9 Å². The van der Waals surface area contributed by atoms with Crippen LogP contribution in [0.3, 0.4) is 0 Å². The van der Waals surface area contributed by atoms with Crippen molar-refractivity contribution in [2.24, 2.45) is 5.73 Å². The molecule has 2 aliphatic heterocycles. The van der Waals surface area contributed by atoms with Crippen molar-refractivity contribution in [3.8, 4) is 0 Å². The molecule has 7 heteroatoms. The quantitative estimate of drug-likeness (QED) is 0.812. The molecule has 0 amide bonds. The van der Waals surface area contributed by atoms with Crippen LogP contribution in [0.5, 0.6) is 0 Å². The minimum absolute atomic E-state index is 0.0745. The lowest BCUT2D eigenvalue weighted by Gasteiger charge is -2.24. The molecule has 2 aliphatic rings. The van der Waals surface area contributed by atoms with Crippen LogP contribution >= 0.6 is 0 Å². The number of halogens is 1. The molecule has 22 heavy (non-hydrogen) atoms. The van der Waals surface area contributed by atoms with E-state index in [0.29, 0.717) is 13.1 Å². The average molecular weight is 321 g/mol. The summed E-state index contributed by atoms with van der Waals surface area (Å²) in [6, 6.07) is 4.40. The van der Waals surface area contributed by atoms with Crippen LogP contribution in [0.25, 0.3) is 0 Å². The third kappa shape index (κ3) is 2.42. The number of dihydropyridines is 1. The van der Waals surface area contributed by atoms with E-state index in [1.807, 2.05) is 17.1 Å². The molecule has 0 bridgehead atoms. The Kier molecular flexibility index (Phi) is 3.76. The topological polar surface area (TPSA) is 75.4 Å². The van der Waals surface area contributed by atoms with E-state index in [-0.39, 0.29) is 9.80 Å². The third-order valence-corrected chi connectivity index (χ3v) is 5.48. The lowest BCUT2D eigenvalue weighted by molar-refractivity contribution is 0.467. The molecule has 5 nitrogen and oxygen atoms in total. The van der Waals surface area contributed by atoms with Crippen LogP contribution in [0.15, 0.2) is 64.3 Å². The predicted octanol–water partition coefficient (Wildman–Crippen LogP) is 1.08. The van der Waals surface area contributed by atoms with E-state index in [4.69, 9.17) is 5.73 Å². The molecule has 3 N–H and O–H groups in total. The number of allylic oxidation sites excluding steroid dienone is 2. The molecule has 3 rings (SSSR count). The number of nitrogens with two attached hydrogens (primary N) is 1. The summed E-state index contributed by atoms with van der Waals surface area (Å²) in [5, 5.41) is 3.05. The Bertz CT molecular complexity index is 766. The second kappa shape index (κ2) is 5.58. The van der Waals surface area contributed by atoms with E-state index in [9.17, 15) is 12.8 Å². The summed E-state index contributed by atoms with van der Waals surface area (Å²) in [6.07, 6.45) is 6.98. The normalized spacial score (nSPS) is 20.3. The van der Waals surface area contributed by atoms with Crippen LogP contribution in [-0.4, -0.2) is 32.4 Å². The maximum atomic E-state index is 13.0. The van der Waals surface area contributed by atoms with Gasteiger partial charge in [0.2, 0.25) is 9.84 Å². The fraction of sp³-hybridized carbons (Fsp3) is 0.200. The van der Waals surface area contributed by atoms with Crippen LogP contribution in [0.1, 0.15) is 0 Å². The van der Waals surface area contributed by atoms with Crippen molar-refractivity contribution in [3.05, 3.63) is 65.2 Å². The van der Waals surface area contributed by atoms with Gasteiger partial charge in [-0.2, -0.15) is 0 Å². The molecule has 1 atom stereocenters. The van der Waals surface area contributed by atoms with Gasteiger partial charge in [-0.25, -0.2) is 12.8 Å². The Morgan fingerprint density at radius 3 is 2.68 bits per heavy atom. The van der Waals surface area contributed by atoms with Crippen LogP contribution < -0.4 is 11.1 Å². The highest BCUT2D eigenvalue weighted by Crippen LogP contribution is 2.34. The molecule has 1 aromatic carbocycles. The maximum absolute atomic E-state index is 13.0. The molecule has 0 aromatic heterocycles. The number of rotatable bonds is 4. The van der Waals surface area contributed by atoms with Crippen molar-refractivity contribution >= 4 is 9.84 Å². The predicted molar refractivity (Wildman–Crippen MR) is 81.6 cm³/mol. The summed E-state index contributed by atoms with van der Waals surface area (Å²) >= 11 is 0. The molecular weight excluding hydrogens is 305 g/mol. The molecule has 1 aromatic rings. The van der Waals surface area contributed by atoms with Gasteiger partial charge in [-0.15, -0.1) is 0 Å². The van der Waals surface area contributed by atoms with Crippen molar-refractivity contribution in [3.63, 3.8) is 0 Å². The van der Waals surface area contributed by atoms with Gasteiger partial charge in [0, 0.05) is 25.0 Å². The lowest BCUT2D eigenvalue weighted by atomic mass is 10.2. The van der Waals surface area contributed by atoms with E-state index in [1.165, 1.54) is 12.1 Å². The van der Waals surface area contributed by atoms with Gasteiger partial charge in [0.05, 0.1) is 9.80 Å². The third-order valence-electron chi connectivity index (χ3n) is 3.63. The molecule has 1 unspecified atom stereocenters. The van der Waals surface area contributed by atoms with Gasteiger partial charge in [0.15, 0.2) is 0 Å². The fourth-order valence-corrected chi connectivity index (χ4v) is 4.11. The first kappa shape index (κ1) is 14.8. The Morgan fingerprint density at radius 2 is 2.00 bits per heavy atom. The minimum Gasteiger partial charge on any atom is -0.378 e. The first-order chi connectivity index (χ1) is 10.5. The maximum Gasteiger partial charge on any atom is 0.206 e. The number of hydrogen-bond donors (Lipinski definition) is 2. The molecule has 0 aliphatic carbocycles. The van der Waals surface area contributed by atoms with Crippen LogP contribution in [0.4, 0.5) is 4.39 Å². The molecule has 0 fully saturated rings. The van der Waals surface area contributed by atoms with E-state index in [0.717, 1.165) is 17.8 Å². The van der Waals surface area contributed by atoms with Crippen molar-refractivity contribution in [2.75, 3.05) is 13.1 Å². The zero-order valence-corrected chi connectivity index (χ0v) is 12.6. The summed E-state index contributed by atoms with van der Waals surface area (Å²) in [7, 11) is -3.70. The second-order valence-corrected chi connectivity index (χ2v) is 6.97. The highest BCUT2D eigenvalue weighted by molar-refractivity contribution is 7.95. The number of nitrogens with zero attached hydrogens (tertiary/aromatic N) is 1. The molecule has 0 spiro atoms. The SMILES string of the molecule is NCCN1C=C(S(=O)(=O)c2ccc(F)cc2)C2NC=CC=C21. The summed E-state index contributed by atoms with van der Waals surface area (Å²) in [6.45, 7) is 0.939. The molecule has 0 radical (unpaired) electrons.